The molecule has 1 atom stereocenters. The molecule has 0 radical (unpaired) electrons. The monoisotopic (exact) mass is 482 g/mol. The van der Waals surface area contributed by atoms with Crippen molar-refractivity contribution in [2.24, 2.45) is 5.92 Å². The molecule has 1 heterocycles. The quantitative estimate of drug-likeness (QED) is 0.412. The Labute approximate surface area is 212 Å². The minimum atomic E-state index is -0.0113. The highest BCUT2D eigenvalue weighted by Gasteiger charge is 2.27. The number of hydrogen-bond donors (Lipinski definition) is 3. The molecule has 3 aromatic rings. The van der Waals surface area contributed by atoms with E-state index in [0.717, 1.165) is 78.6 Å². The van der Waals surface area contributed by atoms with E-state index in [9.17, 15) is 9.59 Å². The minimum Gasteiger partial charge on any atom is -0.349 e. The SMILES string of the molecule is CC1Cc2c(NC(=O)C3=CCCCC3)ccc(-c3nc4ccc(C(=O)NC5CCCC5)cc4[nH]3)c2C1. The third kappa shape index (κ3) is 4.45. The number of rotatable bonds is 5. The number of fused-ring (bicyclic) bond motifs is 2. The first-order valence-electron chi connectivity index (χ1n) is 13.5. The van der Waals surface area contributed by atoms with Gasteiger partial charge in [-0.2, -0.15) is 0 Å². The predicted octanol–water partition coefficient (Wildman–Crippen LogP) is 6.08. The predicted molar refractivity (Wildman–Crippen MR) is 143 cm³/mol. The normalized spacial score (nSPS) is 19.8. The van der Waals surface area contributed by atoms with E-state index in [2.05, 4.69) is 34.7 Å². The smallest absolute Gasteiger partial charge is 0.251 e. The zero-order valence-electron chi connectivity index (χ0n) is 21.0. The maximum Gasteiger partial charge on any atom is 0.251 e. The lowest BCUT2D eigenvalue weighted by atomic mass is 9.98. The molecule has 1 fully saturated rings. The number of carbonyl (C=O) groups excluding carboxylic acids is 2. The van der Waals surface area contributed by atoms with Gasteiger partial charge in [0.05, 0.1) is 11.0 Å². The highest BCUT2D eigenvalue weighted by atomic mass is 16.2. The van der Waals surface area contributed by atoms with Gasteiger partial charge in [-0.3, -0.25) is 9.59 Å². The van der Waals surface area contributed by atoms with Crippen LogP contribution in [0.3, 0.4) is 0 Å². The molecule has 6 heteroatoms. The fourth-order valence-electron chi connectivity index (χ4n) is 6.13. The van der Waals surface area contributed by atoms with Gasteiger partial charge in [-0.05, 0) is 98.7 Å². The molecular weight excluding hydrogens is 448 g/mol. The van der Waals surface area contributed by atoms with Crippen LogP contribution in [0.4, 0.5) is 5.69 Å². The van der Waals surface area contributed by atoms with Crippen LogP contribution in [0.25, 0.3) is 22.4 Å². The van der Waals surface area contributed by atoms with Crippen LogP contribution in [0, 0.1) is 5.92 Å². The molecule has 3 aliphatic carbocycles. The molecule has 186 valence electrons. The number of anilines is 1. The molecule has 1 unspecified atom stereocenters. The fraction of sp³-hybridized carbons (Fsp3) is 0.433. The molecule has 3 aliphatic rings. The van der Waals surface area contributed by atoms with Gasteiger partial charge in [-0.25, -0.2) is 4.98 Å². The number of imidazole rings is 1. The van der Waals surface area contributed by atoms with E-state index in [4.69, 9.17) is 4.98 Å². The Balaban J connectivity index is 1.28. The third-order valence-electron chi connectivity index (χ3n) is 8.06. The molecule has 2 amide bonds. The van der Waals surface area contributed by atoms with E-state index in [1.807, 2.05) is 24.3 Å². The van der Waals surface area contributed by atoms with Crippen molar-refractivity contribution in [1.29, 1.82) is 0 Å². The highest BCUT2D eigenvalue weighted by molar-refractivity contribution is 6.04. The van der Waals surface area contributed by atoms with Gasteiger partial charge in [0, 0.05) is 28.4 Å². The van der Waals surface area contributed by atoms with Crippen LogP contribution in [0.15, 0.2) is 42.0 Å². The van der Waals surface area contributed by atoms with Crippen LogP contribution in [0.2, 0.25) is 0 Å². The molecule has 0 spiro atoms. The summed E-state index contributed by atoms with van der Waals surface area (Å²) in [7, 11) is 0. The van der Waals surface area contributed by atoms with E-state index in [1.165, 1.54) is 30.4 Å². The largest absolute Gasteiger partial charge is 0.349 e. The van der Waals surface area contributed by atoms with Crippen molar-refractivity contribution in [3.63, 3.8) is 0 Å². The number of nitrogens with one attached hydrogen (secondary N) is 3. The minimum absolute atomic E-state index is 0.0113. The van der Waals surface area contributed by atoms with Crippen LogP contribution in [0.1, 0.15) is 79.8 Å². The summed E-state index contributed by atoms with van der Waals surface area (Å²) in [6, 6.07) is 10.1. The molecule has 0 saturated heterocycles. The number of allylic oxidation sites excluding steroid dienone is 1. The molecule has 2 aromatic carbocycles. The number of amides is 2. The second kappa shape index (κ2) is 9.57. The first-order valence-corrected chi connectivity index (χ1v) is 13.5. The van der Waals surface area contributed by atoms with Gasteiger partial charge in [-0.15, -0.1) is 0 Å². The molecule has 3 N–H and O–H groups in total. The van der Waals surface area contributed by atoms with Crippen LogP contribution in [0.5, 0.6) is 0 Å². The molecule has 1 aromatic heterocycles. The molecule has 6 rings (SSSR count). The number of carbonyl (C=O) groups is 2. The number of hydrogen-bond acceptors (Lipinski definition) is 3. The second-order valence-corrected chi connectivity index (χ2v) is 10.8. The van der Waals surface area contributed by atoms with E-state index in [0.29, 0.717) is 17.5 Å². The van der Waals surface area contributed by atoms with Gasteiger partial charge in [0.1, 0.15) is 5.82 Å². The zero-order chi connectivity index (χ0) is 24.6. The van der Waals surface area contributed by atoms with Crippen molar-refractivity contribution in [2.45, 2.75) is 77.2 Å². The Morgan fingerprint density at radius 1 is 0.972 bits per heavy atom. The highest BCUT2D eigenvalue weighted by Crippen LogP contribution is 2.39. The summed E-state index contributed by atoms with van der Waals surface area (Å²) in [4.78, 5) is 34.0. The first-order chi connectivity index (χ1) is 17.5. The van der Waals surface area contributed by atoms with Crippen molar-refractivity contribution in [2.75, 3.05) is 5.32 Å². The Hall–Kier alpha value is -3.41. The number of benzene rings is 2. The average molecular weight is 483 g/mol. The maximum absolute atomic E-state index is 12.9. The van der Waals surface area contributed by atoms with Crippen molar-refractivity contribution >= 4 is 28.5 Å². The summed E-state index contributed by atoms with van der Waals surface area (Å²) in [6.07, 6.45) is 12.6. The average Bonchev–Trinajstić information content (AvgIpc) is 3.63. The van der Waals surface area contributed by atoms with Crippen LogP contribution < -0.4 is 10.6 Å². The topological polar surface area (TPSA) is 86.9 Å². The lowest BCUT2D eigenvalue weighted by Gasteiger charge is -2.16. The van der Waals surface area contributed by atoms with Gasteiger partial charge in [-0.1, -0.05) is 25.8 Å². The van der Waals surface area contributed by atoms with Crippen molar-refractivity contribution in [3.05, 3.63) is 58.7 Å². The Morgan fingerprint density at radius 3 is 2.61 bits per heavy atom. The molecule has 0 aliphatic heterocycles. The molecular formula is C30H34N4O2. The number of aromatic nitrogens is 2. The molecule has 0 bridgehead atoms. The van der Waals surface area contributed by atoms with Crippen molar-refractivity contribution < 1.29 is 9.59 Å². The van der Waals surface area contributed by atoms with Crippen LogP contribution in [-0.2, 0) is 17.6 Å². The first kappa shape index (κ1) is 23.0. The van der Waals surface area contributed by atoms with Crippen LogP contribution >= 0.6 is 0 Å². The fourth-order valence-corrected chi connectivity index (χ4v) is 6.13. The van der Waals surface area contributed by atoms with Gasteiger partial charge in [0.25, 0.3) is 11.8 Å². The van der Waals surface area contributed by atoms with Gasteiger partial charge >= 0.3 is 0 Å². The maximum atomic E-state index is 12.9. The second-order valence-electron chi connectivity index (χ2n) is 10.8. The van der Waals surface area contributed by atoms with E-state index >= 15 is 0 Å². The number of H-pyrrole nitrogens is 1. The van der Waals surface area contributed by atoms with E-state index in [1.54, 1.807) is 0 Å². The number of aromatic amines is 1. The Bertz CT molecular complexity index is 1360. The summed E-state index contributed by atoms with van der Waals surface area (Å²) in [6.45, 7) is 2.26. The third-order valence-corrected chi connectivity index (χ3v) is 8.06. The Kier molecular flexibility index (Phi) is 6.12. The molecule has 6 nitrogen and oxygen atoms in total. The van der Waals surface area contributed by atoms with Gasteiger partial charge < -0.3 is 15.6 Å². The van der Waals surface area contributed by atoms with Gasteiger partial charge in [0.15, 0.2) is 0 Å². The lowest BCUT2D eigenvalue weighted by molar-refractivity contribution is -0.113. The van der Waals surface area contributed by atoms with Gasteiger partial charge in [0.2, 0.25) is 0 Å². The summed E-state index contributed by atoms with van der Waals surface area (Å²) in [5.74, 6) is 1.36. The van der Waals surface area contributed by atoms with Crippen molar-refractivity contribution in [3.8, 4) is 11.4 Å². The summed E-state index contributed by atoms with van der Waals surface area (Å²) in [5.41, 5.74) is 7.79. The summed E-state index contributed by atoms with van der Waals surface area (Å²) >= 11 is 0. The molecule has 1 saturated carbocycles. The van der Waals surface area contributed by atoms with Crippen LogP contribution in [-0.4, -0.2) is 27.8 Å². The van der Waals surface area contributed by atoms with E-state index in [-0.39, 0.29) is 11.8 Å². The summed E-state index contributed by atoms with van der Waals surface area (Å²) < 4.78 is 0. The number of nitrogens with zero attached hydrogens (tertiary/aromatic N) is 1. The summed E-state index contributed by atoms with van der Waals surface area (Å²) in [5, 5.41) is 6.38. The lowest BCUT2D eigenvalue weighted by Crippen LogP contribution is -2.32. The van der Waals surface area contributed by atoms with Crippen molar-refractivity contribution in [1.82, 2.24) is 15.3 Å². The zero-order valence-corrected chi connectivity index (χ0v) is 21.0. The standard InChI is InChI=1S/C30H34N4O2/c1-18-15-23-22(12-14-25(24(23)16-18)34-29(35)19-7-3-2-4-8-19)28-32-26-13-11-20(17-27(26)33-28)30(36)31-21-9-5-6-10-21/h7,11-14,17-18,21H,2-6,8-10,15-16H2,1H3,(H,31,36)(H,32,33)(H,34,35). The molecule has 36 heavy (non-hydrogen) atoms. The van der Waals surface area contributed by atoms with E-state index < -0.39 is 0 Å². The Morgan fingerprint density at radius 2 is 1.81 bits per heavy atom.